The molecule has 6 fully saturated rings. The van der Waals surface area contributed by atoms with Crippen LogP contribution in [0, 0.1) is 23.7 Å². The fourth-order valence-electron chi connectivity index (χ4n) is 12.5. The highest BCUT2D eigenvalue weighted by molar-refractivity contribution is 5.09. The van der Waals surface area contributed by atoms with Crippen molar-refractivity contribution in [2.45, 2.75) is 271 Å². The third kappa shape index (κ3) is 17.6. The van der Waals surface area contributed by atoms with Crippen molar-refractivity contribution in [2.75, 3.05) is 52.9 Å². The lowest BCUT2D eigenvalue weighted by Gasteiger charge is -2.49. The molecule has 0 amide bonds. The number of fused-ring (bicyclic) bond motifs is 2. The minimum Gasteiger partial charge on any atom is -0.394 e. The molecule has 0 radical (unpaired) electrons. The van der Waals surface area contributed by atoms with Crippen LogP contribution in [0.25, 0.3) is 0 Å². The molecule has 6 rings (SSSR count). The summed E-state index contributed by atoms with van der Waals surface area (Å²) in [6.45, 7) is 2.90. The molecule has 4 saturated heterocycles. The summed E-state index contributed by atoms with van der Waals surface area (Å²) in [6, 6.07) is 0. The molecule has 0 aromatic carbocycles. The lowest BCUT2D eigenvalue weighted by Crippen LogP contribution is -2.66. The highest BCUT2D eigenvalue weighted by Gasteiger charge is 2.63. The van der Waals surface area contributed by atoms with Gasteiger partial charge < -0.3 is 119 Å². The van der Waals surface area contributed by atoms with Crippen LogP contribution in [0.15, 0.2) is 0 Å². The van der Waals surface area contributed by atoms with Crippen LogP contribution in [-0.4, -0.2) is 259 Å². The van der Waals surface area contributed by atoms with Crippen molar-refractivity contribution < 1.29 is 119 Å². The second kappa shape index (κ2) is 34.3. The maximum Gasteiger partial charge on any atom is 0.187 e. The highest BCUT2D eigenvalue weighted by Crippen LogP contribution is 2.56. The van der Waals surface area contributed by atoms with Crippen molar-refractivity contribution in [2.24, 2.45) is 23.7 Å². The molecule has 2 bridgehead atoms. The van der Waals surface area contributed by atoms with E-state index < -0.39 is 173 Å². The van der Waals surface area contributed by atoms with E-state index in [2.05, 4.69) is 13.8 Å². The zero-order valence-corrected chi connectivity index (χ0v) is 46.4. The zero-order valence-electron chi connectivity index (χ0n) is 46.4. The van der Waals surface area contributed by atoms with Crippen LogP contribution in [0.1, 0.15) is 136 Å². The predicted molar refractivity (Wildman–Crippen MR) is 277 cm³/mol. The number of aliphatic hydroxyl groups excluding tert-OH is 14. The minimum atomic E-state index is -1.90. The molecular formula is C55H100O24. The van der Waals surface area contributed by atoms with Crippen LogP contribution in [0.4, 0.5) is 0 Å². The Labute approximate surface area is 465 Å². The lowest BCUT2D eigenvalue weighted by molar-refractivity contribution is -0.378. The van der Waals surface area contributed by atoms with E-state index in [1.807, 2.05) is 0 Å². The van der Waals surface area contributed by atoms with Gasteiger partial charge in [0.2, 0.25) is 0 Å². The molecule has 24 nitrogen and oxygen atoms in total. The Balaban J connectivity index is 1.20. The molecular weight excluding hydrogens is 1040 g/mol. The van der Waals surface area contributed by atoms with Crippen LogP contribution in [-0.2, 0) is 47.4 Å². The number of unbranched alkanes of at least 4 members (excludes halogenated alkanes) is 16. The summed E-state index contributed by atoms with van der Waals surface area (Å²) in [5.41, 5.74) is 0. The van der Waals surface area contributed by atoms with Crippen molar-refractivity contribution in [3.63, 3.8) is 0 Å². The molecule has 11 unspecified atom stereocenters. The first kappa shape index (κ1) is 67.2. The van der Waals surface area contributed by atoms with Crippen molar-refractivity contribution in [1.29, 1.82) is 0 Å². The van der Waals surface area contributed by atoms with E-state index in [4.69, 9.17) is 47.4 Å². The van der Waals surface area contributed by atoms with Gasteiger partial charge in [0.25, 0.3) is 0 Å². The predicted octanol–water partition coefficient (Wildman–Crippen LogP) is -1.02. The molecule has 2 saturated carbocycles. The van der Waals surface area contributed by atoms with Gasteiger partial charge in [0.05, 0.1) is 51.8 Å². The fourth-order valence-corrected chi connectivity index (χ4v) is 12.5. The molecule has 24 heteroatoms. The summed E-state index contributed by atoms with van der Waals surface area (Å²) in [6.07, 6.45) is -15.0. The van der Waals surface area contributed by atoms with E-state index in [0.717, 1.165) is 51.4 Å². The maximum absolute atomic E-state index is 11.7. The Hall–Kier alpha value is -0.960. The SMILES string of the molecule is CCCCCCCCCCCOCC1C2C[C@@H]([C@@H]1COCCCCCCCCCCC)[C@@H](O[C@@H]1OC(CO)[C@@H](O[C@H]3OC(CO)[C@@H](O)[C@H](O)C3O)[C@H](O)C1O)C2O[C@@H]1OC(CO)[C@@H](O[C@H]2OC(CO)[C@@H](O)[C@H](O)C2O)[C@H](O)C1O. The van der Waals surface area contributed by atoms with Crippen LogP contribution < -0.4 is 0 Å². The topological polar surface area (TPSA) is 376 Å². The van der Waals surface area contributed by atoms with Gasteiger partial charge in [-0.25, -0.2) is 0 Å². The first-order valence-electron chi connectivity index (χ1n) is 29.8. The Morgan fingerprint density at radius 2 is 0.595 bits per heavy atom. The van der Waals surface area contributed by atoms with Gasteiger partial charge >= 0.3 is 0 Å². The van der Waals surface area contributed by atoms with Crippen LogP contribution in [0.3, 0.4) is 0 Å². The molecule has 4 aliphatic heterocycles. The molecule has 0 spiro atoms. The monoisotopic (exact) mass is 1140 g/mol. The van der Waals surface area contributed by atoms with Gasteiger partial charge in [-0.1, -0.05) is 117 Å². The molecule has 26 atom stereocenters. The molecule has 2 aliphatic carbocycles. The van der Waals surface area contributed by atoms with Gasteiger partial charge in [-0.2, -0.15) is 0 Å². The summed E-state index contributed by atoms with van der Waals surface area (Å²) < 4.78 is 61.1. The largest absolute Gasteiger partial charge is 0.394 e. The van der Waals surface area contributed by atoms with E-state index in [1.165, 1.54) is 64.2 Å². The summed E-state index contributed by atoms with van der Waals surface area (Å²) in [5.74, 6) is -1.21. The number of ether oxygens (including phenoxy) is 10. The molecule has 79 heavy (non-hydrogen) atoms. The Morgan fingerprint density at radius 1 is 0.316 bits per heavy atom. The van der Waals surface area contributed by atoms with Crippen molar-refractivity contribution in [3.8, 4) is 0 Å². The number of aliphatic hydroxyl groups is 14. The second-order valence-electron chi connectivity index (χ2n) is 22.9. The summed E-state index contributed by atoms with van der Waals surface area (Å²) >= 11 is 0. The van der Waals surface area contributed by atoms with Crippen LogP contribution in [0.2, 0.25) is 0 Å². The number of rotatable bonds is 36. The molecule has 0 aromatic heterocycles. The van der Waals surface area contributed by atoms with Crippen molar-refractivity contribution >= 4 is 0 Å². The van der Waals surface area contributed by atoms with Gasteiger partial charge in [0.1, 0.15) is 97.7 Å². The van der Waals surface area contributed by atoms with E-state index in [9.17, 15) is 71.5 Å². The second-order valence-corrected chi connectivity index (χ2v) is 22.9. The van der Waals surface area contributed by atoms with E-state index in [-0.39, 0.29) is 11.8 Å². The number of hydrogen-bond donors (Lipinski definition) is 14. The van der Waals surface area contributed by atoms with Gasteiger partial charge in [-0.15, -0.1) is 0 Å². The molecule has 14 N–H and O–H groups in total. The molecule has 464 valence electrons. The first-order chi connectivity index (χ1) is 38.1. The average molecular weight is 1150 g/mol. The summed E-state index contributed by atoms with van der Waals surface area (Å²) in [4.78, 5) is 0. The van der Waals surface area contributed by atoms with Gasteiger partial charge in [-0.3, -0.25) is 0 Å². The summed E-state index contributed by atoms with van der Waals surface area (Å²) in [7, 11) is 0. The zero-order chi connectivity index (χ0) is 57.2. The first-order valence-corrected chi connectivity index (χ1v) is 29.8. The third-order valence-electron chi connectivity index (χ3n) is 17.3. The van der Waals surface area contributed by atoms with E-state index in [1.54, 1.807) is 0 Å². The highest BCUT2D eigenvalue weighted by atomic mass is 16.8. The maximum atomic E-state index is 11.7. The number of hydrogen-bond acceptors (Lipinski definition) is 24. The van der Waals surface area contributed by atoms with Gasteiger partial charge in [0, 0.05) is 13.2 Å². The van der Waals surface area contributed by atoms with Gasteiger partial charge in [0.15, 0.2) is 25.2 Å². The minimum absolute atomic E-state index is 0.206. The van der Waals surface area contributed by atoms with Crippen molar-refractivity contribution in [3.05, 3.63) is 0 Å². The average Bonchev–Trinajstić information content (AvgIpc) is 4.18. The normalized spacial score (nSPS) is 42.5. The standard InChI is InChI=1S/C55H100O24/c1-3-5-7-9-11-13-15-17-19-21-70-28-32-30-23-31(33(32)29-71-22-20-18-16-14-12-10-8-6-4-2)49(77-55-47(69)43(65)51(37(27-59)75-55)79-53-45(67)41(63)39(61)35(25-57)73-53)48(30)76-54-46(68)42(64)50(36(26-58)74-54)78-52-44(66)40(62)38(60)34(24-56)72-52/h30-69H,3-29H2,1-2H3/t30-,31?,32-,33?,34?,35?,36?,37?,38+,39+,40-,41-,42+,43+,44?,45?,46?,47?,48+,49?,50+,51+,52+,53+,54-,55-/m0/s1. The van der Waals surface area contributed by atoms with Crippen LogP contribution in [0.5, 0.6) is 0 Å². The van der Waals surface area contributed by atoms with Gasteiger partial charge in [-0.05, 0) is 42.9 Å². The lowest BCUT2D eigenvalue weighted by atomic mass is 9.76. The molecule has 4 heterocycles. The summed E-state index contributed by atoms with van der Waals surface area (Å²) in [5, 5.41) is 150. The third-order valence-corrected chi connectivity index (χ3v) is 17.3. The molecule has 0 aromatic rings. The Morgan fingerprint density at radius 3 is 0.911 bits per heavy atom. The van der Waals surface area contributed by atoms with Crippen LogP contribution >= 0.6 is 0 Å². The Kier molecular flexibility index (Phi) is 29.1. The Bertz CT molecular complexity index is 1520. The quantitative estimate of drug-likeness (QED) is 0.0334. The fraction of sp³-hybridized carbons (Fsp3) is 1.00. The molecule has 6 aliphatic rings. The smallest absolute Gasteiger partial charge is 0.187 e. The van der Waals surface area contributed by atoms with E-state index in [0.29, 0.717) is 32.8 Å². The van der Waals surface area contributed by atoms with E-state index >= 15 is 0 Å². The van der Waals surface area contributed by atoms with Crippen molar-refractivity contribution in [1.82, 2.24) is 0 Å².